The van der Waals surface area contributed by atoms with Crippen LogP contribution < -0.4 is 5.32 Å². The molecule has 8 nitrogen and oxygen atoms in total. The third-order valence-electron chi connectivity index (χ3n) is 3.72. The van der Waals surface area contributed by atoms with Crippen LogP contribution in [0.5, 0.6) is 0 Å². The van der Waals surface area contributed by atoms with Crippen LogP contribution in [0.25, 0.3) is 0 Å². The number of aliphatic carboxylic acids is 2. The Balaban J connectivity index is 1.88. The number of nitrogens with zero attached hydrogens (tertiary/aromatic N) is 1. The summed E-state index contributed by atoms with van der Waals surface area (Å²) in [6.07, 6.45) is 0.986. The van der Waals surface area contributed by atoms with E-state index in [9.17, 15) is 24.3 Å². The van der Waals surface area contributed by atoms with Gasteiger partial charge in [0, 0.05) is 18.6 Å². The minimum Gasteiger partial charge on any atom is -0.481 e. The molecule has 3 N–H and O–H groups in total. The molecule has 1 saturated heterocycles. The molecule has 0 spiro atoms. The quantitative estimate of drug-likeness (QED) is 0.451. The number of amides is 2. The molecule has 0 radical (unpaired) electrons. The van der Waals surface area contributed by atoms with Gasteiger partial charge >= 0.3 is 11.9 Å². The van der Waals surface area contributed by atoms with Crippen molar-refractivity contribution in [3.63, 3.8) is 0 Å². The van der Waals surface area contributed by atoms with E-state index >= 15 is 0 Å². The van der Waals surface area contributed by atoms with Crippen molar-refractivity contribution in [1.82, 2.24) is 10.2 Å². The van der Waals surface area contributed by atoms with Crippen LogP contribution in [0.3, 0.4) is 0 Å². The second kappa shape index (κ2) is 7.03. The summed E-state index contributed by atoms with van der Waals surface area (Å²) in [6.45, 7) is 1.67. The lowest BCUT2D eigenvalue weighted by molar-refractivity contribution is -0.150. The normalized spacial score (nSPS) is 23.2. The molecule has 2 rings (SSSR count). The molecule has 2 unspecified atom stereocenters. The van der Waals surface area contributed by atoms with E-state index in [1.165, 1.54) is 16.7 Å². The van der Waals surface area contributed by atoms with E-state index in [0.29, 0.717) is 24.2 Å². The zero-order valence-corrected chi connectivity index (χ0v) is 13.4. The summed E-state index contributed by atoms with van der Waals surface area (Å²) in [4.78, 5) is 46.8. The number of carbonyl (C=O) groups is 4. The van der Waals surface area contributed by atoms with Gasteiger partial charge in [0.25, 0.3) is 5.91 Å². The van der Waals surface area contributed by atoms with Gasteiger partial charge < -0.3 is 15.5 Å². The van der Waals surface area contributed by atoms with Gasteiger partial charge in [0.1, 0.15) is 17.1 Å². The van der Waals surface area contributed by atoms with Crippen LogP contribution in [0.1, 0.15) is 32.6 Å². The molecule has 2 amide bonds. The van der Waals surface area contributed by atoms with Crippen molar-refractivity contribution < 1.29 is 29.4 Å². The second-order valence-corrected chi connectivity index (χ2v) is 6.59. The Labute approximate surface area is 136 Å². The van der Waals surface area contributed by atoms with Crippen LogP contribution in [-0.4, -0.2) is 56.0 Å². The monoisotopic (exact) mass is 342 g/mol. The van der Waals surface area contributed by atoms with E-state index in [2.05, 4.69) is 5.32 Å². The largest absolute Gasteiger partial charge is 0.481 e. The highest BCUT2D eigenvalue weighted by molar-refractivity contribution is 8.00. The van der Waals surface area contributed by atoms with Gasteiger partial charge in [0.05, 0.1) is 0 Å². The number of hydrogen-bond acceptors (Lipinski definition) is 5. The van der Waals surface area contributed by atoms with Crippen molar-refractivity contribution in [3.8, 4) is 0 Å². The second-order valence-electron chi connectivity index (χ2n) is 5.49. The number of fused-ring (bicyclic) bond motifs is 1. The molecular formula is C14H18N2O6S. The molecule has 0 aromatic rings. The fourth-order valence-corrected chi connectivity index (χ4v) is 3.88. The van der Waals surface area contributed by atoms with Gasteiger partial charge in [0.2, 0.25) is 5.91 Å². The Morgan fingerprint density at radius 1 is 1.26 bits per heavy atom. The highest BCUT2D eigenvalue weighted by atomic mass is 32.2. The number of β-lactam (4-membered cyclic amide) rings is 1. The van der Waals surface area contributed by atoms with E-state index in [-0.39, 0.29) is 29.8 Å². The molecule has 0 aliphatic carbocycles. The maximum absolute atomic E-state index is 12.1. The molecule has 2 heterocycles. The third kappa shape index (κ3) is 3.66. The Morgan fingerprint density at radius 2 is 1.91 bits per heavy atom. The lowest BCUT2D eigenvalue weighted by Crippen LogP contribution is -2.70. The summed E-state index contributed by atoms with van der Waals surface area (Å²) in [5.74, 6) is -2.28. The van der Waals surface area contributed by atoms with Crippen LogP contribution in [-0.2, 0) is 19.2 Å². The predicted molar refractivity (Wildman–Crippen MR) is 81.5 cm³/mol. The number of carbonyl (C=O) groups excluding carboxylic acids is 2. The number of unbranched alkanes of at least 4 members (excludes halogenated alkanes) is 1. The first kappa shape index (κ1) is 17.3. The fourth-order valence-electron chi connectivity index (χ4n) is 2.58. The first-order valence-corrected chi connectivity index (χ1v) is 8.26. The van der Waals surface area contributed by atoms with Crippen LogP contribution in [0.2, 0.25) is 0 Å². The lowest BCUT2D eigenvalue weighted by Gasteiger charge is -2.49. The molecule has 1 fully saturated rings. The van der Waals surface area contributed by atoms with E-state index < -0.39 is 23.9 Å². The zero-order chi connectivity index (χ0) is 17.1. The third-order valence-corrected chi connectivity index (χ3v) is 5.15. The molecule has 0 saturated carbocycles. The Kier molecular flexibility index (Phi) is 5.30. The van der Waals surface area contributed by atoms with E-state index in [4.69, 9.17) is 5.11 Å². The van der Waals surface area contributed by atoms with Gasteiger partial charge in [-0.25, -0.2) is 4.79 Å². The average molecular weight is 342 g/mol. The van der Waals surface area contributed by atoms with Crippen LogP contribution in [0.15, 0.2) is 11.3 Å². The summed E-state index contributed by atoms with van der Waals surface area (Å²) in [6, 6.07) is -0.713. The molecule has 0 bridgehead atoms. The number of rotatable bonds is 7. The smallest absolute Gasteiger partial charge is 0.352 e. The van der Waals surface area contributed by atoms with Gasteiger partial charge in [-0.05, 0) is 25.3 Å². The molecule has 9 heteroatoms. The topological polar surface area (TPSA) is 124 Å². The van der Waals surface area contributed by atoms with Crippen molar-refractivity contribution in [3.05, 3.63) is 11.3 Å². The molecule has 2 atom stereocenters. The van der Waals surface area contributed by atoms with Gasteiger partial charge in [-0.15, -0.1) is 11.8 Å². The Hall–Kier alpha value is -2.03. The van der Waals surface area contributed by atoms with Crippen molar-refractivity contribution in [2.24, 2.45) is 0 Å². The Morgan fingerprint density at radius 3 is 2.52 bits per heavy atom. The summed E-state index contributed by atoms with van der Waals surface area (Å²) in [5, 5.41) is 20.0. The molecule has 23 heavy (non-hydrogen) atoms. The number of nitrogens with one attached hydrogen (secondary N) is 1. The van der Waals surface area contributed by atoms with Crippen LogP contribution in [0, 0.1) is 0 Å². The van der Waals surface area contributed by atoms with Crippen molar-refractivity contribution >= 4 is 35.5 Å². The molecule has 2 aliphatic rings. The minimum atomic E-state index is -1.14. The molecule has 0 aromatic heterocycles. The van der Waals surface area contributed by atoms with Crippen molar-refractivity contribution in [2.75, 3.05) is 5.75 Å². The van der Waals surface area contributed by atoms with Crippen molar-refractivity contribution in [1.29, 1.82) is 0 Å². The van der Waals surface area contributed by atoms with Crippen LogP contribution in [0.4, 0.5) is 0 Å². The minimum absolute atomic E-state index is 0.00528. The van der Waals surface area contributed by atoms with Gasteiger partial charge in [-0.2, -0.15) is 0 Å². The van der Waals surface area contributed by atoms with Gasteiger partial charge in [0.15, 0.2) is 0 Å². The molecule has 0 aromatic carbocycles. The number of carboxylic acid groups (broad SMARTS) is 2. The van der Waals surface area contributed by atoms with Gasteiger partial charge in [-0.3, -0.25) is 19.3 Å². The number of hydrogen-bond donors (Lipinski definition) is 3. The summed E-state index contributed by atoms with van der Waals surface area (Å²) in [5.41, 5.74) is 0.635. The summed E-state index contributed by atoms with van der Waals surface area (Å²) < 4.78 is 0. The maximum atomic E-state index is 12.1. The lowest BCUT2D eigenvalue weighted by atomic mass is 10.0. The molecule has 2 aliphatic heterocycles. The highest BCUT2D eigenvalue weighted by Gasteiger charge is 2.53. The number of carboxylic acids is 2. The van der Waals surface area contributed by atoms with E-state index in [1.54, 1.807) is 6.92 Å². The first-order valence-electron chi connectivity index (χ1n) is 7.21. The SMILES string of the molecule is CC1=C(C(=O)O)N2C(=O)C(NC(=O)CCCCC(=O)O)C2SC1. The van der Waals surface area contributed by atoms with Crippen LogP contribution >= 0.6 is 11.8 Å². The van der Waals surface area contributed by atoms with E-state index in [1.807, 2.05) is 0 Å². The van der Waals surface area contributed by atoms with Gasteiger partial charge in [-0.1, -0.05) is 0 Å². The average Bonchev–Trinajstić information content (AvgIpc) is 2.48. The fraction of sp³-hybridized carbons (Fsp3) is 0.571. The van der Waals surface area contributed by atoms with Crippen molar-refractivity contribution in [2.45, 2.75) is 44.0 Å². The Bertz CT molecular complexity index is 588. The molecular weight excluding hydrogens is 324 g/mol. The zero-order valence-electron chi connectivity index (χ0n) is 12.6. The number of thioether (sulfide) groups is 1. The summed E-state index contributed by atoms with van der Waals surface area (Å²) in [7, 11) is 0. The predicted octanol–water partition coefficient (Wildman–Crippen LogP) is 0.390. The molecule has 126 valence electrons. The summed E-state index contributed by atoms with van der Waals surface area (Å²) >= 11 is 1.42. The maximum Gasteiger partial charge on any atom is 0.352 e. The first-order chi connectivity index (χ1) is 10.8. The highest BCUT2D eigenvalue weighted by Crippen LogP contribution is 2.40. The standard InChI is InChI=1S/C14H18N2O6S/c1-7-6-23-13-10(12(20)16(13)11(7)14(21)22)15-8(17)4-2-3-5-9(18)19/h10,13H,2-6H2,1H3,(H,15,17)(H,18,19)(H,21,22). The van der Waals surface area contributed by atoms with E-state index in [0.717, 1.165) is 0 Å².